The SMILES string of the molecule is CC(Cc1ccc(C(C)(C)C)cc1)C[n+]1ccn(Cc2ccccc2)c1.[Br-]. The van der Waals surface area contributed by atoms with Gasteiger partial charge in [0, 0.05) is 0 Å². The van der Waals surface area contributed by atoms with Gasteiger partial charge >= 0.3 is 0 Å². The van der Waals surface area contributed by atoms with Crippen molar-refractivity contribution < 1.29 is 21.5 Å². The molecule has 1 atom stereocenters. The third kappa shape index (κ3) is 6.35. The number of benzene rings is 2. The second kappa shape index (κ2) is 9.36. The van der Waals surface area contributed by atoms with E-state index in [4.69, 9.17) is 0 Å². The van der Waals surface area contributed by atoms with Crippen molar-refractivity contribution in [2.75, 3.05) is 0 Å². The summed E-state index contributed by atoms with van der Waals surface area (Å²) in [5.74, 6) is 0.605. The number of rotatable bonds is 6. The van der Waals surface area contributed by atoms with Crippen LogP contribution >= 0.6 is 0 Å². The largest absolute Gasteiger partial charge is 1.00 e. The van der Waals surface area contributed by atoms with Gasteiger partial charge in [-0.05, 0) is 34.4 Å². The molecule has 0 saturated heterocycles. The molecule has 0 radical (unpaired) electrons. The van der Waals surface area contributed by atoms with Crippen LogP contribution in [0.2, 0.25) is 0 Å². The van der Waals surface area contributed by atoms with Gasteiger partial charge in [-0.1, -0.05) is 82.3 Å². The van der Waals surface area contributed by atoms with Gasteiger partial charge in [-0.2, -0.15) is 0 Å². The summed E-state index contributed by atoms with van der Waals surface area (Å²) in [5, 5.41) is 0. The van der Waals surface area contributed by atoms with Crippen molar-refractivity contribution in [1.82, 2.24) is 4.57 Å². The topological polar surface area (TPSA) is 8.81 Å². The first-order valence-corrected chi connectivity index (χ1v) is 9.58. The second-order valence-corrected chi connectivity index (χ2v) is 8.52. The summed E-state index contributed by atoms with van der Waals surface area (Å²) in [6.45, 7) is 11.1. The number of hydrogen-bond acceptors (Lipinski definition) is 0. The molecule has 3 heteroatoms. The molecule has 0 fully saturated rings. The Morgan fingerprint density at radius 1 is 0.926 bits per heavy atom. The van der Waals surface area contributed by atoms with Crippen molar-refractivity contribution in [3.8, 4) is 0 Å². The van der Waals surface area contributed by atoms with Crippen molar-refractivity contribution in [2.24, 2.45) is 5.92 Å². The Morgan fingerprint density at radius 2 is 1.59 bits per heavy atom. The van der Waals surface area contributed by atoms with Crippen molar-refractivity contribution in [3.05, 3.63) is 90.0 Å². The van der Waals surface area contributed by atoms with Crippen LogP contribution in [0, 0.1) is 5.92 Å². The zero-order chi connectivity index (χ0) is 18.6. The van der Waals surface area contributed by atoms with Crippen LogP contribution in [0.1, 0.15) is 44.4 Å². The standard InChI is InChI=1S/C24H31N2.BrH/c1-20(16-21-10-12-23(13-11-21)24(2,3)4)17-25-14-15-26(19-25)18-22-8-6-5-7-9-22;/h5-15,19-20H,16-18H2,1-4H3;1H/q+1;/p-1. The molecule has 0 saturated carbocycles. The third-order valence-electron chi connectivity index (χ3n) is 4.88. The Bertz CT molecular complexity index is 814. The lowest BCUT2D eigenvalue weighted by Crippen LogP contribution is -3.00. The van der Waals surface area contributed by atoms with Crippen LogP contribution in [0.5, 0.6) is 0 Å². The third-order valence-corrected chi connectivity index (χ3v) is 4.88. The zero-order valence-electron chi connectivity index (χ0n) is 16.9. The minimum absolute atomic E-state index is 0. The molecular weight excluding hydrogens is 396 g/mol. The van der Waals surface area contributed by atoms with Crippen LogP contribution in [0.25, 0.3) is 0 Å². The Morgan fingerprint density at radius 3 is 2.22 bits per heavy atom. The van der Waals surface area contributed by atoms with Crippen molar-refractivity contribution in [1.29, 1.82) is 0 Å². The average molecular weight is 427 g/mol. The highest BCUT2D eigenvalue weighted by Crippen LogP contribution is 2.22. The molecule has 1 heterocycles. The van der Waals surface area contributed by atoms with E-state index >= 15 is 0 Å². The highest BCUT2D eigenvalue weighted by atomic mass is 79.9. The molecule has 0 aliphatic heterocycles. The smallest absolute Gasteiger partial charge is 0.244 e. The lowest BCUT2D eigenvalue weighted by atomic mass is 9.86. The van der Waals surface area contributed by atoms with Crippen molar-refractivity contribution >= 4 is 0 Å². The maximum atomic E-state index is 2.33. The minimum atomic E-state index is 0. The molecule has 1 aromatic heterocycles. The van der Waals surface area contributed by atoms with Crippen molar-refractivity contribution in [3.63, 3.8) is 0 Å². The molecule has 0 N–H and O–H groups in total. The van der Waals surface area contributed by atoms with Gasteiger partial charge < -0.3 is 17.0 Å². The summed E-state index contributed by atoms with van der Waals surface area (Å²) < 4.78 is 4.55. The van der Waals surface area contributed by atoms with Gasteiger partial charge in [-0.25, -0.2) is 9.13 Å². The molecule has 0 spiro atoms. The van der Waals surface area contributed by atoms with Crippen LogP contribution in [-0.4, -0.2) is 4.57 Å². The number of aromatic nitrogens is 2. The molecule has 0 bridgehead atoms. The van der Waals surface area contributed by atoms with E-state index in [2.05, 4.69) is 110 Å². The van der Waals surface area contributed by atoms with Gasteiger partial charge in [0.05, 0.1) is 6.54 Å². The van der Waals surface area contributed by atoms with Crippen LogP contribution in [-0.2, 0) is 24.9 Å². The first-order valence-electron chi connectivity index (χ1n) is 9.58. The summed E-state index contributed by atoms with van der Waals surface area (Å²) in [5.41, 5.74) is 4.39. The van der Waals surface area contributed by atoms with Crippen LogP contribution in [0.15, 0.2) is 73.3 Å². The van der Waals surface area contributed by atoms with E-state index < -0.39 is 0 Å². The molecule has 1 unspecified atom stereocenters. The monoisotopic (exact) mass is 426 g/mol. The number of hydrogen-bond donors (Lipinski definition) is 0. The van der Waals surface area contributed by atoms with E-state index in [0.29, 0.717) is 5.92 Å². The van der Waals surface area contributed by atoms with E-state index in [-0.39, 0.29) is 22.4 Å². The van der Waals surface area contributed by atoms with Crippen LogP contribution < -0.4 is 21.5 Å². The molecule has 3 aromatic rings. The lowest BCUT2D eigenvalue weighted by Gasteiger charge is -2.19. The number of halogens is 1. The van der Waals surface area contributed by atoms with Crippen LogP contribution in [0.4, 0.5) is 0 Å². The first kappa shape index (κ1) is 21.4. The van der Waals surface area contributed by atoms with Gasteiger partial charge in [0.15, 0.2) is 0 Å². The fraction of sp³-hybridized carbons (Fsp3) is 0.375. The molecule has 2 nitrogen and oxygen atoms in total. The normalized spacial score (nSPS) is 12.4. The Labute approximate surface area is 174 Å². The second-order valence-electron chi connectivity index (χ2n) is 8.52. The highest BCUT2D eigenvalue weighted by molar-refractivity contribution is 5.27. The molecule has 27 heavy (non-hydrogen) atoms. The van der Waals surface area contributed by atoms with Crippen LogP contribution in [0.3, 0.4) is 0 Å². The molecule has 3 rings (SSSR count). The van der Waals surface area contributed by atoms with Gasteiger partial charge in [-0.15, -0.1) is 0 Å². The Kier molecular flexibility index (Phi) is 7.43. The Hall–Kier alpha value is -1.87. The van der Waals surface area contributed by atoms with Crippen molar-refractivity contribution in [2.45, 2.75) is 52.6 Å². The molecular formula is C24H31BrN2. The molecule has 2 aromatic carbocycles. The molecule has 0 aliphatic carbocycles. The maximum Gasteiger partial charge on any atom is 0.244 e. The predicted molar refractivity (Wildman–Crippen MR) is 108 cm³/mol. The van der Waals surface area contributed by atoms with E-state index in [1.807, 2.05) is 0 Å². The van der Waals surface area contributed by atoms with Gasteiger partial charge in [0.1, 0.15) is 18.9 Å². The summed E-state index contributed by atoms with van der Waals surface area (Å²) in [7, 11) is 0. The van der Waals surface area contributed by atoms with Gasteiger partial charge in [-0.3, -0.25) is 0 Å². The van der Waals surface area contributed by atoms with E-state index in [0.717, 1.165) is 19.5 Å². The molecule has 0 amide bonds. The average Bonchev–Trinajstić information content (AvgIpc) is 3.02. The summed E-state index contributed by atoms with van der Waals surface area (Å²) >= 11 is 0. The fourth-order valence-electron chi connectivity index (χ4n) is 3.40. The summed E-state index contributed by atoms with van der Waals surface area (Å²) in [4.78, 5) is 0. The first-order chi connectivity index (χ1) is 12.4. The summed E-state index contributed by atoms with van der Waals surface area (Å²) in [6, 6.07) is 19.8. The molecule has 144 valence electrons. The van der Waals surface area contributed by atoms with Gasteiger partial charge in [0.25, 0.3) is 0 Å². The quantitative estimate of drug-likeness (QED) is 0.533. The lowest BCUT2D eigenvalue weighted by molar-refractivity contribution is -0.702. The highest BCUT2D eigenvalue weighted by Gasteiger charge is 2.14. The van der Waals surface area contributed by atoms with E-state index in [1.54, 1.807) is 0 Å². The summed E-state index contributed by atoms with van der Waals surface area (Å²) in [6.07, 6.45) is 7.67. The molecule has 0 aliphatic rings. The Balaban J connectivity index is 0.00000261. The maximum absolute atomic E-state index is 2.33. The predicted octanol–water partition coefficient (Wildman–Crippen LogP) is 2.00. The minimum Gasteiger partial charge on any atom is -1.00 e. The fourth-order valence-corrected chi connectivity index (χ4v) is 3.40. The number of imidazole rings is 1. The van der Waals surface area contributed by atoms with E-state index in [1.165, 1.54) is 16.7 Å². The van der Waals surface area contributed by atoms with Gasteiger partial charge in [0.2, 0.25) is 6.33 Å². The number of nitrogens with zero attached hydrogens (tertiary/aromatic N) is 2. The zero-order valence-corrected chi connectivity index (χ0v) is 18.5. The van der Waals surface area contributed by atoms with E-state index in [9.17, 15) is 0 Å².